The van der Waals surface area contributed by atoms with Crippen LogP contribution in [0, 0.1) is 0 Å². The zero-order valence-electron chi connectivity index (χ0n) is 35.9. The number of aromatic nitrogens is 3. The van der Waals surface area contributed by atoms with Crippen molar-refractivity contribution in [1.29, 1.82) is 0 Å². The highest BCUT2D eigenvalue weighted by Crippen LogP contribution is 2.42. The van der Waals surface area contributed by atoms with E-state index in [0.717, 1.165) is 24.2 Å². The lowest BCUT2D eigenvalue weighted by atomic mass is 9.93. The third-order valence-electron chi connectivity index (χ3n) is 12.8. The zero-order chi connectivity index (χ0) is 42.6. The molecule has 5 nitrogen and oxygen atoms in total. The Morgan fingerprint density at radius 2 is 0.766 bits per heavy atom. The molecule has 0 saturated carbocycles. The summed E-state index contributed by atoms with van der Waals surface area (Å²) >= 11 is 0. The number of ether oxygens (including phenoxy) is 1. The van der Waals surface area contributed by atoms with E-state index >= 15 is 0 Å². The van der Waals surface area contributed by atoms with Crippen LogP contribution in [0.15, 0.2) is 188 Å². The molecule has 10 aromatic carbocycles. The molecule has 0 atom stereocenters. The molecule has 0 unspecified atom stereocenters. The van der Waals surface area contributed by atoms with E-state index in [4.69, 9.17) is 4.74 Å². The second-order valence-electron chi connectivity index (χ2n) is 16.1. The van der Waals surface area contributed by atoms with Crippen molar-refractivity contribution in [3.05, 3.63) is 188 Å². The summed E-state index contributed by atoms with van der Waals surface area (Å²) in [6.45, 7) is 6.32. The Bertz CT molecular complexity index is 3860. The third kappa shape index (κ3) is 6.51. The highest BCUT2D eigenvalue weighted by Gasteiger charge is 2.17. The van der Waals surface area contributed by atoms with Gasteiger partial charge >= 0.3 is 0 Å². The summed E-state index contributed by atoms with van der Waals surface area (Å²) in [6.07, 6.45) is 3.50. The Morgan fingerprint density at radius 1 is 0.375 bits per heavy atom. The zero-order valence-corrected chi connectivity index (χ0v) is 36.7. The standard InChI is InChI=1S/C27H21NO.C26H19NO.C5H5N.ClH/c1-3-28-26-11-7-6-10-21(26)25-15-23-20-13-12-17(29-2)14-22(20)18-8-4-5-9-19(18)24(23)16-27(25)28;1-2-27-25-10-6-5-9-20(25)24-14-22-19-12-11-16(28)13-21(19)17-7-3-4-8-18(17)23(22)15-26(24)27;1-2-4-6-5-3-1;/h4-16H,3H2,1-2H3;3-15,28H,2H2,1H3;1-5H;1H. The summed E-state index contributed by atoms with van der Waals surface area (Å²) in [5.74, 6) is 1.20. The van der Waals surface area contributed by atoms with Crippen LogP contribution in [0.3, 0.4) is 0 Å². The Hall–Kier alpha value is -7.60. The molecule has 0 fully saturated rings. The van der Waals surface area contributed by atoms with Gasteiger partial charge in [0.15, 0.2) is 0 Å². The molecule has 0 aliphatic carbocycles. The molecule has 6 heteroatoms. The second kappa shape index (κ2) is 16.6. The van der Waals surface area contributed by atoms with Crippen LogP contribution in [0.25, 0.3) is 108 Å². The van der Waals surface area contributed by atoms with Crippen molar-refractivity contribution in [1.82, 2.24) is 14.1 Å². The number of para-hydroxylation sites is 2. The monoisotopic (exact) mass is 851 g/mol. The van der Waals surface area contributed by atoms with Gasteiger partial charge in [0.1, 0.15) is 11.5 Å². The Kier molecular flexibility index (Phi) is 10.5. The smallest absolute Gasteiger partial charge is 0.119 e. The molecule has 0 spiro atoms. The summed E-state index contributed by atoms with van der Waals surface area (Å²) in [7, 11) is 1.73. The van der Waals surface area contributed by atoms with Gasteiger partial charge in [-0.05, 0) is 151 Å². The second-order valence-corrected chi connectivity index (χ2v) is 16.1. The highest BCUT2D eigenvalue weighted by molar-refractivity contribution is 6.30. The number of hydrogen-bond donors (Lipinski definition) is 1. The molecule has 0 aliphatic heterocycles. The van der Waals surface area contributed by atoms with Crippen LogP contribution in [-0.2, 0) is 13.1 Å². The summed E-state index contributed by atoms with van der Waals surface area (Å²) < 4.78 is 10.4. The highest BCUT2D eigenvalue weighted by atomic mass is 35.5. The van der Waals surface area contributed by atoms with Gasteiger partial charge in [-0.25, -0.2) is 0 Å². The van der Waals surface area contributed by atoms with Crippen LogP contribution >= 0.6 is 12.4 Å². The number of benzene rings is 10. The largest absolute Gasteiger partial charge is 0.508 e. The summed E-state index contributed by atoms with van der Waals surface area (Å²) in [6, 6.07) is 61.9. The van der Waals surface area contributed by atoms with Crippen molar-refractivity contribution in [2.45, 2.75) is 26.9 Å². The molecule has 64 heavy (non-hydrogen) atoms. The first-order valence-electron chi connectivity index (χ1n) is 21.7. The minimum atomic E-state index is 0. The van der Waals surface area contributed by atoms with E-state index in [2.05, 4.69) is 167 Å². The summed E-state index contributed by atoms with van der Waals surface area (Å²) in [5.41, 5.74) is 5.16. The average molecular weight is 852 g/mol. The number of rotatable bonds is 3. The molecule has 0 radical (unpaired) electrons. The maximum atomic E-state index is 10.1. The van der Waals surface area contributed by atoms with Gasteiger partial charge < -0.3 is 19.0 Å². The Labute approximate surface area is 376 Å². The molecule has 3 aromatic heterocycles. The van der Waals surface area contributed by atoms with E-state index in [1.165, 1.54) is 103 Å². The first kappa shape index (κ1) is 40.5. The van der Waals surface area contributed by atoms with Crippen LogP contribution in [0.5, 0.6) is 11.5 Å². The molecule has 13 rings (SSSR count). The normalized spacial score (nSPS) is 11.4. The number of aryl methyl sites for hydroxylation is 2. The van der Waals surface area contributed by atoms with Crippen molar-refractivity contribution >= 4 is 121 Å². The van der Waals surface area contributed by atoms with Gasteiger partial charge in [-0.2, -0.15) is 0 Å². The van der Waals surface area contributed by atoms with Crippen molar-refractivity contribution in [3.8, 4) is 11.5 Å². The lowest BCUT2D eigenvalue weighted by molar-refractivity contribution is 0.415. The van der Waals surface area contributed by atoms with Crippen LogP contribution in [0.2, 0.25) is 0 Å². The summed E-state index contributed by atoms with van der Waals surface area (Å²) in [5, 5.41) is 30.2. The van der Waals surface area contributed by atoms with Gasteiger partial charge in [-0.3, -0.25) is 4.98 Å². The molecule has 0 amide bonds. The molecule has 3 heterocycles. The number of pyridine rings is 1. The van der Waals surface area contributed by atoms with Gasteiger partial charge in [-0.1, -0.05) is 103 Å². The SMILES string of the molecule is CCn1c2ccccc2c2cc3c4ccc(O)cc4c4ccccc4c3cc21.CCn1c2ccccc2c2cc3c4ccc(OC)cc4c4ccccc4c3cc21.Cl.c1ccncc1. The lowest BCUT2D eigenvalue weighted by Crippen LogP contribution is -1.93. The number of phenols is 1. The quantitative estimate of drug-likeness (QED) is 0.180. The first-order valence-corrected chi connectivity index (χ1v) is 21.7. The van der Waals surface area contributed by atoms with Gasteiger partial charge in [-0.15, -0.1) is 12.4 Å². The topological polar surface area (TPSA) is 52.2 Å². The third-order valence-corrected chi connectivity index (χ3v) is 12.8. The van der Waals surface area contributed by atoms with Crippen LogP contribution in [0.1, 0.15) is 13.8 Å². The van der Waals surface area contributed by atoms with Gasteiger partial charge in [0, 0.05) is 69.1 Å². The molecule has 0 saturated heterocycles. The number of aromatic hydroxyl groups is 1. The van der Waals surface area contributed by atoms with Crippen molar-refractivity contribution < 1.29 is 9.84 Å². The number of fused-ring (bicyclic) bond motifs is 18. The number of methoxy groups -OCH3 is 1. The fourth-order valence-electron chi connectivity index (χ4n) is 10.1. The van der Waals surface area contributed by atoms with Gasteiger partial charge in [0.2, 0.25) is 0 Å². The van der Waals surface area contributed by atoms with Gasteiger partial charge in [0.05, 0.1) is 7.11 Å². The maximum Gasteiger partial charge on any atom is 0.119 e. The van der Waals surface area contributed by atoms with E-state index in [1.54, 1.807) is 25.6 Å². The fourth-order valence-corrected chi connectivity index (χ4v) is 10.1. The van der Waals surface area contributed by atoms with E-state index < -0.39 is 0 Å². The number of halogens is 1. The molecular formula is C58H46ClN3O2. The molecule has 13 aromatic rings. The Balaban J connectivity index is 0.000000132. The van der Waals surface area contributed by atoms with Crippen molar-refractivity contribution in [2.24, 2.45) is 0 Å². The lowest BCUT2D eigenvalue weighted by Gasteiger charge is -2.12. The Morgan fingerprint density at radius 3 is 1.19 bits per heavy atom. The maximum absolute atomic E-state index is 10.1. The van der Waals surface area contributed by atoms with E-state index in [9.17, 15) is 5.11 Å². The molecule has 0 bridgehead atoms. The molecule has 0 aliphatic rings. The predicted molar refractivity (Wildman–Crippen MR) is 275 cm³/mol. The fraction of sp³-hybridized carbons (Fsp3) is 0.0862. The van der Waals surface area contributed by atoms with E-state index in [1.807, 2.05) is 30.3 Å². The first-order chi connectivity index (χ1) is 31.1. The molecule has 1 N–H and O–H groups in total. The predicted octanol–water partition coefficient (Wildman–Crippen LogP) is 15.8. The minimum absolute atomic E-state index is 0. The number of hydrogen-bond acceptors (Lipinski definition) is 3. The summed E-state index contributed by atoms with van der Waals surface area (Å²) in [4.78, 5) is 3.78. The van der Waals surface area contributed by atoms with Crippen LogP contribution in [-0.4, -0.2) is 26.3 Å². The van der Waals surface area contributed by atoms with E-state index in [0.29, 0.717) is 5.75 Å². The van der Waals surface area contributed by atoms with Crippen molar-refractivity contribution in [2.75, 3.05) is 7.11 Å². The van der Waals surface area contributed by atoms with E-state index in [-0.39, 0.29) is 12.4 Å². The molecule has 312 valence electrons. The molecular weight excluding hydrogens is 806 g/mol. The van der Waals surface area contributed by atoms with Crippen LogP contribution in [0.4, 0.5) is 0 Å². The van der Waals surface area contributed by atoms with Gasteiger partial charge in [0.25, 0.3) is 0 Å². The van der Waals surface area contributed by atoms with Crippen LogP contribution < -0.4 is 4.74 Å². The average Bonchev–Trinajstić information content (AvgIpc) is 3.84. The number of nitrogens with zero attached hydrogens (tertiary/aromatic N) is 3. The minimum Gasteiger partial charge on any atom is -0.508 e. The number of phenolic OH excluding ortho intramolecular Hbond substituents is 1. The van der Waals surface area contributed by atoms with Crippen molar-refractivity contribution in [3.63, 3.8) is 0 Å².